The Balaban J connectivity index is 1.54. The topological polar surface area (TPSA) is 85.6 Å². The monoisotopic (exact) mass is 456 g/mol. The molecular formula is C19H14F6N6O. The lowest BCUT2D eigenvalue weighted by molar-refractivity contribution is -0.142. The Labute approximate surface area is 176 Å². The molecule has 0 bridgehead atoms. The summed E-state index contributed by atoms with van der Waals surface area (Å²) in [5.41, 5.74) is -2.80. The Hall–Kier alpha value is -3.51. The van der Waals surface area contributed by atoms with Gasteiger partial charge in [-0.2, -0.15) is 31.4 Å². The fraction of sp³-hybridized carbons (Fsp3) is 0.316. The summed E-state index contributed by atoms with van der Waals surface area (Å²) in [6.07, 6.45) is -4.56. The van der Waals surface area contributed by atoms with E-state index in [4.69, 9.17) is 0 Å². The first-order valence-electron chi connectivity index (χ1n) is 9.19. The predicted octanol–water partition coefficient (Wildman–Crippen LogP) is 3.73. The highest BCUT2D eigenvalue weighted by atomic mass is 19.4. The molecule has 3 aromatic rings. The lowest BCUT2D eigenvalue weighted by Gasteiger charge is -2.17. The molecule has 1 N–H and O–H groups in total. The van der Waals surface area contributed by atoms with Crippen LogP contribution in [0.1, 0.15) is 40.3 Å². The van der Waals surface area contributed by atoms with E-state index < -0.39 is 35.2 Å². The molecule has 0 aliphatic heterocycles. The molecule has 1 amide bonds. The molecule has 13 heteroatoms. The molecule has 32 heavy (non-hydrogen) atoms. The second-order valence-corrected chi connectivity index (χ2v) is 7.30. The van der Waals surface area contributed by atoms with Crippen LogP contribution in [0.15, 0.2) is 36.8 Å². The fourth-order valence-electron chi connectivity index (χ4n) is 3.16. The molecule has 3 heterocycles. The molecule has 0 aromatic carbocycles. The Morgan fingerprint density at radius 3 is 2.16 bits per heavy atom. The third-order valence-corrected chi connectivity index (χ3v) is 5.02. The molecule has 0 saturated heterocycles. The summed E-state index contributed by atoms with van der Waals surface area (Å²) in [4.78, 5) is 24.0. The number of aromatic nitrogens is 5. The van der Waals surface area contributed by atoms with E-state index in [0.717, 1.165) is 16.9 Å². The normalized spacial score (nSPS) is 15.5. The number of nitrogens with zero attached hydrogens (tertiary/aromatic N) is 5. The van der Waals surface area contributed by atoms with Crippen LogP contribution >= 0.6 is 0 Å². The Kier molecular flexibility index (Phi) is 4.94. The molecule has 0 spiro atoms. The van der Waals surface area contributed by atoms with Gasteiger partial charge in [-0.15, -0.1) is 0 Å². The minimum absolute atomic E-state index is 0.0326. The van der Waals surface area contributed by atoms with Crippen LogP contribution in [0.4, 0.5) is 26.3 Å². The predicted molar refractivity (Wildman–Crippen MR) is 96.9 cm³/mol. The zero-order chi connectivity index (χ0) is 23.3. The summed E-state index contributed by atoms with van der Waals surface area (Å²) in [6, 6.07) is 2.82. The van der Waals surface area contributed by atoms with Gasteiger partial charge < -0.3 is 5.32 Å². The van der Waals surface area contributed by atoms with Gasteiger partial charge in [-0.05, 0) is 25.0 Å². The first-order valence-corrected chi connectivity index (χ1v) is 9.19. The minimum atomic E-state index is -4.68. The van der Waals surface area contributed by atoms with Gasteiger partial charge in [-0.3, -0.25) is 14.5 Å². The van der Waals surface area contributed by atoms with Crippen molar-refractivity contribution in [1.82, 2.24) is 30.0 Å². The van der Waals surface area contributed by atoms with Crippen molar-refractivity contribution in [3.8, 4) is 11.4 Å². The molecule has 0 unspecified atom stereocenters. The van der Waals surface area contributed by atoms with Crippen LogP contribution in [-0.2, 0) is 24.9 Å². The lowest BCUT2D eigenvalue weighted by Crippen LogP contribution is -2.36. The first-order chi connectivity index (χ1) is 14.9. The minimum Gasteiger partial charge on any atom is -0.341 e. The summed E-state index contributed by atoms with van der Waals surface area (Å²) >= 11 is 0. The van der Waals surface area contributed by atoms with E-state index in [9.17, 15) is 31.1 Å². The SMILES string of the molecule is Cn1nc(C(F)(F)F)cc1C(=O)NC1(c2cnc(-c3ccnc(C(F)(F)F)c3)nc2)CC1. The number of rotatable bonds is 4. The van der Waals surface area contributed by atoms with Gasteiger partial charge in [-0.1, -0.05) is 0 Å². The van der Waals surface area contributed by atoms with Crippen molar-refractivity contribution in [2.24, 2.45) is 7.05 Å². The van der Waals surface area contributed by atoms with Crippen molar-refractivity contribution in [3.05, 3.63) is 59.4 Å². The van der Waals surface area contributed by atoms with E-state index in [2.05, 4.69) is 25.4 Å². The summed E-state index contributed by atoms with van der Waals surface area (Å²) in [6.45, 7) is 0. The van der Waals surface area contributed by atoms with Crippen molar-refractivity contribution in [3.63, 3.8) is 0 Å². The summed E-state index contributed by atoms with van der Waals surface area (Å²) in [5, 5.41) is 6.00. The number of carbonyl (C=O) groups is 1. The van der Waals surface area contributed by atoms with Crippen LogP contribution in [0.2, 0.25) is 0 Å². The number of amides is 1. The third-order valence-electron chi connectivity index (χ3n) is 5.02. The molecule has 4 rings (SSSR count). The van der Waals surface area contributed by atoms with Gasteiger partial charge in [0.1, 0.15) is 11.4 Å². The van der Waals surface area contributed by atoms with Crippen LogP contribution in [0.3, 0.4) is 0 Å². The zero-order valence-corrected chi connectivity index (χ0v) is 16.3. The highest BCUT2D eigenvalue weighted by molar-refractivity contribution is 5.93. The summed E-state index contributed by atoms with van der Waals surface area (Å²) in [5.74, 6) is -0.716. The lowest BCUT2D eigenvalue weighted by atomic mass is 10.1. The quantitative estimate of drug-likeness (QED) is 0.605. The number of hydrogen-bond donors (Lipinski definition) is 1. The summed E-state index contributed by atoms with van der Waals surface area (Å²) in [7, 11) is 1.23. The highest BCUT2D eigenvalue weighted by Gasteiger charge is 2.47. The number of carbonyl (C=O) groups excluding carboxylic acids is 1. The van der Waals surface area contributed by atoms with Crippen molar-refractivity contribution in [2.45, 2.75) is 30.7 Å². The van der Waals surface area contributed by atoms with Gasteiger partial charge in [-0.25, -0.2) is 9.97 Å². The number of nitrogens with one attached hydrogen (secondary N) is 1. The number of pyridine rings is 1. The smallest absolute Gasteiger partial charge is 0.341 e. The molecule has 1 aliphatic carbocycles. The van der Waals surface area contributed by atoms with E-state index in [0.29, 0.717) is 24.5 Å². The van der Waals surface area contributed by atoms with Crippen LogP contribution in [0, 0.1) is 0 Å². The van der Waals surface area contributed by atoms with Crippen molar-refractivity contribution < 1.29 is 31.1 Å². The standard InChI is InChI=1S/C19H14F6N6O/c1-31-12(7-14(30-31)19(23,24)25)16(32)29-17(3-4-17)11-8-27-15(28-9-11)10-2-5-26-13(6-10)18(20,21)22/h2,5-9H,3-4H2,1H3,(H,29,32). The maximum absolute atomic E-state index is 12.9. The van der Waals surface area contributed by atoms with Crippen LogP contribution in [-0.4, -0.2) is 30.6 Å². The number of halogens is 6. The fourth-order valence-corrected chi connectivity index (χ4v) is 3.16. The van der Waals surface area contributed by atoms with Crippen molar-refractivity contribution >= 4 is 5.91 Å². The molecular weight excluding hydrogens is 442 g/mol. The molecule has 1 aliphatic rings. The molecule has 0 atom stereocenters. The van der Waals surface area contributed by atoms with E-state index >= 15 is 0 Å². The van der Waals surface area contributed by atoms with Crippen LogP contribution in [0.5, 0.6) is 0 Å². The van der Waals surface area contributed by atoms with E-state index in [1.54, 1.807) is 0 Å². The Morgan fingerprint density at radius 2 is 1.62 bits per heavy atom. The van der Waals surface area contributed by atoms with Gasteiger partial charge in [0.05, 0.1) is 5.54 Å². The second kappa shape index (κ2) is 7.28. The average molecular weight is 456 g/mol. The van der Waals surface area contributed by atoms with Gasteiger partial charge in [0.25, 0.3) is 5.91 Å². The number of hydrogen-bond acceptors (Lipinski definition) is 5. The number of alkyl halides is 6. The molecule has 168 valence electrons. The highest BCUT2D eigenvalue weighted by Crippen LogP contribution is 2.45. The zero-order valence-electron chi connectivity index (χ0n) is 16.3. The Bertz CT molecular complexity index is 1160. The second-order valence-electron chi connectivity index (χ2n) is 7.30. The maximum atomic E-state index is 12.9. The van der Waals surface area contributed by atoms with Gasteiger partial charge in [0.15, 0.2) is 11.5 Å². The largest absolute Gasteiger partial charge is 0.435 e. The van der Waals surface area contributed by atoms with Crippen LogP contribution in [0.25, 0.3) is 11.4 Å². The van der Waals surface area contributed by atoms with Gasteiger partial charge >= 0.3 is 12.4 Å². The summed E-state index contributed by atoms with van der Waals surface area (Å²) < 4.78 is 77.9. The molecule has 3 aromatic heterocycles. The number of aryl methyl sites for hydroxylation is 1. The van der Waals surface area contributed by atoms with Crippen LogP contribution < -0.4 is 5.32 Å². The third kappa shape index (κ3) is 4.14. The average Bonchev–Trinajstić information content (AvgIpc) is 3.38. The maximum Gasteiger partial charge on any atom is 0.435 e. The molecule has 7 nitrogen and oxygen atoms in total. The van der Waals surface area contributed by atoms with Gasteiger partial charge in [0.2, 0.25) is 0 Å². The van der Waals surface area contributed by atoms with E-state index in [-0.39, 0.29) is 17.1 Å². The van der Waals surface area contributed by atoms with E-state index in [1.807, 2.05) is 0 Å². The van der Waals surface area contributed by atoms with E-state index in [1.165, 1.54) is 25.5 Å². The molecule has 1 fully saturated rings. The van der Waals surface area contributed by atoms with Gasteiger partial charge in [0, 0.05) is 42.8 Å². The van der Waals surface area contributed by atoms with Crippen molar-refractivity contribution in [1.29, 1.82) is 0 Å². The first kappa shape index (κ1) is 21.7. The molecule has 1 saturated carbocycles. The van der Waals surface area contributed by atoms with Crippen molar-refractivity contribution in [2.75, 3.05) is 0 Å². The molecule has 0 radical (unpaired) electrons. The Morgan fingerprint density at radius 1 is 1.00 bits per heavy atom.